The molecule has 1 atom stereocenters. The monoisotopic (exact) mass is 413 g/mol. The van der Waals surface area contributed by atoms with Crippen LogP contribution in [0.2, 0.25) is 0 Å². The molecule has 6 heteroatoms. The molecule has 1 heterocycles. The van der Waals surface area contributed by atoms with Gasteiger partial charge in [-0.2, -0.15) is 0 Å². The highest BCUT2D eigenvalue weighted by Gasteiger charge is 2.37. The topological polar surface area (TPSA) is 57.2 Å². The first-order chi connectivity index (χ1) is 14.3. The molecule has 1 aliphatic heterocycles. The van der Waals surface area contributed by atoms with E-state index >= 15 is 0 Å². The zero-order valence-corrected chi connectivity index (χ0v) is 18.7. The second-order valence-corrected chi connectivity index (χ2v) is 8.41. The van der Waals surface area contributed by atoms with E-state index in [0.717, 1.165) is 29.0 Å². The van der Waals surface area contributed by atoms with Gasteiger partial charge < -0.3 is 23.8 Å². The van der Waals surface area contributed by atoms with Gasteiger partial charge in [-0.3, -0.25) is 4.79 Å². The standard InChI is InChI=1S/C24H31NO5/c1-24(2,3)23(26)25-12-11-16-13-21(28-5)22(29-6)14-19(16)20(25)15-30-18-9-7-17(27-4)8-10-18/h7-10,13-14,20H,11-12,15H2,1-6H3/t20-/m1/s1. The SMILES string of the molecule is COc1ccc(OC[C@@H]2c3cc(OC)c(OC)cc3CCN2C(=O)C(C)(C)C)cc1. The molecule has 0 fully saturated rings. The molecule has 1 aliphatic rings. The van der Waals surface area contributed by atoms with E-state index in [9.17, 15) is 4.79 Å². The first-order valence-electron chi connectivity index (χ1n) is 10.1. The van der Waals surface area contributed by atoms with Crippen LogP contribution in [0.15, 0.2) is 36.4 Å². The molecule has 2 aromatic carbocycles. The zero-order valence-electron chi connectivity index (χ0n) is 18.7. The number of hydrogen-bond acceptors (Lipinski definition) is 5. The summed E-state index contributed by atoms with van der Waals surface area (Å²) in [5.41, 5.74) is 1.70. The molecule has 30 heavy (non-hydrogen) atoms. The lowest BCUT2D eigenvalue weighted by Crippen LogP contribution is -2.47. The average Bonchev–Trinajstić information content (AvgIpc) is 2.75. The maximum atomic E-state index is 13.2. The van der Waals surface area contributed by atoms with Crippen LogP contribution >= 0.6 is 0 Å². The maximum absolute atomic E-state index is 13.2. The minimum atomic E-state index is -0.480. The quantitative estimate of drug-likeness (QED) is 0.708. The molecule has 0 aliphatic carbocycles. The molecular formula is C24H31NO5. The van der Waals surface area contributed by atoms with Crippen LogP contribution in [0.3, 0.4) is 0 Å². The van der Waals surface area contributed by atoms with Gasteiger partial charge in [-0.15, -0.1) is 0 Å². The Hall–Kier alpha value is -2.89. The normalized spacial score (nSPS) is 15.9. The third-order valence-corrected chi connectivity index (χ3v) is 5.37. The van der Waals surface area contributed by atoms with Crippen LogP contribution in [0.1, 0.15) is 37.9 Å². The Morgan fingerprint density at radius 1 is 0.967 bits per heavy atom. The first kappa shape index (κ1) is 21.8. The van der Waals surface area contributed by atoms with Crippen molar-refractivity contribution in [3.8, 4) is 23.0 Å². The van der Waals surface area contributed by atoms with Crippen molar-refractivity contribution >= 4 is 5.91 Å². The summed E-state index contributed by atoms with van der Waals surface area (Å²) >= 11 is 0. The van der Waals surface area contributed by atoms with Gasteiger partial charge in [-0.1, -0.05) is 20.8 Å². The molecule has 1 amide bonds. The summed E-state index contributed by atoms with van der Waals surface area (Å²) in [6, 6.07) is 11.2. The summed E-state index contributed by atoms with van der Waals surface area (Å²) in [5, 5.41) is 0. The van der Waals surface area contributed by atoms with Crippen molar-refractivity contribution in [2.75, 3.05) is 34.5 Å². The van der Waals surface area contributed by atoms with Crippen molar-refractivity contribution in [1.82, 2.24) is 4.90 Å². The molecule has 0 spiro atoms. The van der Waals surface area contributed by atoms with E-state index in [4.69, 9.17) is 18.9 Å². The minimum absolute atomic E-state index is 0.103. The fourth-order valence-corrected chi connectivity index (χ4v) is 3.73. The van der Waals surface area contributed by atoms with Gasteiger partial charge in [0.2, 0.25) is 5.91 Å². The molecule has 0 aromatic heterocycles. The van der Waals surface area contributed by atoms with Gasteiger partial charge in [0.15, 0.2) is 11.5 Å². The van der Waals surface area contributed by atoms with Crippen molar-refractivity contribution in [2.45, 2.75) is 33.2 Å². The Morgan fingerprint density at radius 3 is 2.13 bits per heavy atom. The predicted molar refractivity (Wildman–Crippen MR) is 116 cm³/mol. The van der Waals surface area contributed by atoms with Crippen molar-refractivity contribution in [3.05, 3.63) is 47.5 Å². The molecule has 0 saturated carbocycles. The highest BCUT2D eigenvalue weighted by atomic mass is 16.5. The molecule has 0 N–H and O–H groups in total. The first-order valence-corrected chi connectivity index (χ1v) is 10.1. The second kappa shape index (κ2) is 8.86. The number of benzene rings is 2. The fraction of sp³-hybridized carbons (Fsp3) is 0.458. The van der Waals surface area contributed by atoms with Crippen LogP contribution in [-0.2, 0) is 11.2 Å². The molecular weight excluding hydrogens is 382 g/mol. The number of carbonyl (C=O) groups excluding carboxylic acids is 1. The second-order valence-electron chi connectivity index (χ2n) is 8.41. The number of ether oxygens (including phenoxy) is 4. The molecule has 2 aromatic rings. The van der Waals surface area contributed by atoms with E-state index in [1.54, 1.807) is 21.3 Å². The molecule has 162 valence electrons. The number of methoxy groups -OCH3 is 3. The van der Waals surface area contributed by atoms with E-state index in [-0.39, 0.29) is 11.9 Å². The van der Waals surface area contributed by atoms with E-state index in [1.165, 1.54) is 0 Å². The van der Waals surface area contributed by atoms with Crippen LogP contribution < -0.4 is 18.9 Å². The number of hydrogen-bond donors (Lipinski definition) is 0. The Bertz CT molecular complexity index is 886. The van der Waals surface area contributed by atoms with E-state index in [1.807, 2.05) is 62.1 Å². The van der Waals surface area contributed by atoms with Gasteiger partial charge in [-0.05, 0) is 53.9 Å². The van der Waals surface area contributed by atoms with Gasteiger partial charge in [0.05, 0.1) is 27.4 Å². The van der Waals surface area contributed by atoms with Gasteiger partial charge >= 0.3 is 0 Å². The Kier molecular flexibility index (Phi) is 6.44. The van der Waals surface area contributed by atoms with E-state index in [2.05, 4.69) is 0 Å². The van der Waals surface area contributed by atoms with Crippen molar-refractivity contribution in [1.29, 1.82) is 0 Å². The Labute approximate surface area is 178 Å². The third-order valence-electron chi connectivity index (χ3n) is 5.37. The van der Waals surface area contributed by atoms with Crippen LogP contribution in [0.25, 0.3) is 0 Å². The number of fused-ring (bicyclic) bond motifs is 1. The smallest absolute Gasteiger partial charge is 0.228 e. The lowest BCUT2D eigenvalue weighted by atomic mass is 9.88. The highest BCUT2D eigenvalue weighted by Crippen LogP contribution is 2.39. The van der Waals surface area contributed by atoms with Gasteiger partial charge in [0.1, 0.15) is 18.1 Å². The molecule has 0 bridgehead atoms. The van der Waals surface area contributed by atoms with Gasteiger partial charge in [0.25, 0.3) is 0 Å². The predicted octanol–water partition coefficient (Wildman–Crippen LogP) is 4.26. The van der Waals surface area contributed by atoms with Crippen LogP contribution in [0, 0.1) is 5.41 Å². The number of amides is 1. The molecule has 0 radical (unpaired) electrons. The average molecular weight is 414 g/mol. The van der Waals surface area contributed by atoms with Crippen LogP contribution in [0.5, 0.6) is 23.0 Å². The number of nitrogens with zero attached hydrogens (tertiary/aromatic N) is 1. The highest BCUT2D eigenvalue weighted by molar-refractivity contribution is 5.82. The van der Waals surface area contributed by atoms with E-state index < -0.39 is 5.41 Å². The zero-order chi connectivity index (χ0) is 21.9. The van der Waals surface area contributed by atoms with Gasteiger partial charge in [-0.25, -0.2) is 0 Å². The number of rotatable bonds is 6. The Balaban J connectivity index is 1.95. The Morgan fingerprint density at radius 2 is 1.57 bits per heavy atom. The van der Waals surface area contributed by atoms with Crippen LogP contribution in [0.4, 0.5) is 0 Å². The van der Waals surface area contributed by atoms with Gasteiger partial charge in [0, 0.05) is 12.0 Å². The minimum Gasteiger partial charge on any atom is -0.497 e. The summed E-state index contributed by atoms with van der Waals surface area (Å²) in [6.07, 6.45) is 0.760. The van der Waals surface area contributed by atoms with E-state index in [0.29, 0.717) is 24.7 Å². The molecule has 0 saturated heterocycles. The molecule has 6 nitrogen and oxygen atoms in total. The summed E-state index contributed by atoms with van der Waals surface area (Å²) in [7, 11) is 4.88. The lowest BCUT2D eigenvalue weighted by molar-refractivity contribution is -0.143. The summed E-state index contributed by atoms with van der Waals surface area (Å²) in [4.78, 5) is 15.1. The number of carbonyl (C=O) groups is 1. The summed E-state index contributed by atoms with van der Waals surface area (Å²) in [6.45, 7) is 6.81. The van der Waals surface area contributed by atoms with Crippen LogP contribution in [-0.4, -0.2) is 45.3 Å². The maximum Gasteiger partial charge on any atom is 0.228 e. The molecule has 0 unspecified atom stereocenters. The summed E-state index contributed by atoms with van der Waals surface area (Å²) in [5.74, 6) is 2.95. The fourth-order valence-electron chi connectivity index (χ4n) is 3.73. The third kappa shape index (κ3) is 4.48. The van der Waals surface area contributed by atoms with Crippen molar-refractivity contribution < 1.29 is 23.7 Å². The largest absolute Gasteiger partial charge is 0.497 e. The lowest BCUT2D eigenvalue weighted by Gasteiger charge is -2.40. The van der Waals surface area contributed by atoms with Crippen molar-refractivity contribution in [2.24, 2.45) is 5.41 Å². The molecule has 3 rings (SSSR count). The summed E-state index contributed by atoms with van der Waals surface area (Å²) < 4.78 is 22.3. The van der Waals surface area contributed by atoms with Crippen molar-refractivity contribution in [3.63, 3.8) is 0 Å².